The Hall–Kier alpha value is -1.35. The Morgan fingerprint density at radius 1 is 1.29 bits per heavy atom. The Labute approximate surface area is 103 Å². The minimum atomic E-state index is -0.107. The van der Waals surface area contributed by atoms with Crippen molar-refractivity contribution in [1.82, 2.24) is 5.32 Å². The number of carbonyl (C=O) groups is 1. The molecule has 3 nitrogen and oxygen atoms in total. The van der Waals surface area contributed by atoms with E-state index in [1.54, 1.807) is 0 Å². The van der Waals surface area contributed by atoms with Crippen LogP contribution in [0.2, 0.25) is 0 Å². The van der Waals surface area contributed by atoms with Crippen molar-refractivity contribution < 1.29 is 9.53 Å². The summed E-state index contributed by atoms with van der Waals surface area (Å²) in [5.41, 5.74) is 2.51. The summed E-state index contributed by atoms with van der Waals surface area (Å²) in [6.07, 6.45) is 1.35. The molecule has 0 fully saturated rings. The molecule has 0 saturated heterocycles. The van der Waals surface area contributed by atoms with Crippen molar-refractivity contribution in [2.45, 2.75) is 33.2 Å². The van der Waals surface area contributed by atoms with Gasteiger partial charge in [-0.25, -0.2) is 0 Å². The quantitative estimate of drug-likeness (QED) is 0.582. The van der Waals surface area contributed by atoms with Crippen LogP contribution in [0.15, 0.2) is 24.3 Å². The number of hydrogen-bond donors (Lipinski definition) is 1. The van der Waals surface area contributed by atoms with Gasteiger partial charge in [0, 0.05) is 19.5 Å². The number of carbonyl (C=O) groups excluding carboxylic acids is 1. The van der Waals surface area contributed by atoms with E-state index in [1.807, 2.05) is 6.92 Å². The largest absolute Gasteiger partial charge is 0.464 e. The second-order valence-corrected chi connectivity index (χ2v) is 4.13. The first-order chi connectivity index (χ1) is 8.22. The number of nitrogens with one attached hydrogen (secondary N) is 1. The molecule has 0 aromatic heterocycles. The van der Waals surface area contributed by atoms with Gasteiger partial charge >= 0.3 is 5.97 Å². The Balaban J connectivity index is 2.08. The van der Waals surface area contributed by atoms with Gasteiger partial charge in [-0.3, -0.25) is 4.79 Å². The third-order valence-electron chi connectivity index (χ3n) is 2.45. The average molecular weight is 235 g/mol. The first-order valence-corrected chi connectivity index (χ1v) is 6.14. The molecule has 0 spiro atoms. The molecular weight excluding hydrogens is 214 g/mol. The predicted molar refractivity (Wildman–Crippen MR) is 68.8 cm³/mol. The summed E-state index contributed by atoms with van der Waals surface area (Å²) in [6.45, 7) is 6.00. The van der Waals surface area contributed by atoms with Gasteiger partial charge < -0.3 is 10.1 Å². The first kappa shape index (κ1) is 13.7. The first-order valence-electron chi connectivity index (χ1n) is 6.14. The Morgan fingerprint density at radius 2 is 2.00 bits per heavy atom. The van der Waals surface area contributed by atoms with Crippen LogP contribution in [0.5, 0.6) is 0 Å². The van der Waals surface area contributed by atoms with Crippen molar-refractivity contribution >= 4 is 5.97 Å². The summed E-state index contributed by atoms with van der Waals surface area (Å²) >= 11 is 0. The summed E-state index contributed by atoms with van der Waals surface area (Å²) in [4.78, 5) is 11.1. The lowest BCUT2D eigenvalue weighted by molar-refractivity contribution is -0.143. The maximum absolute atomic E-state index is 11.1. The molecule has 1 aromatic carbocycles. The van der Waals surface area contributed by atoms with Crippen molar-refractivity contribution in [1.29, 1.82) is 0 Å². The van der Waals surface area contributed by atoms with Crippen LogP contribution in [-0.2, 0) is 16.1 Å². The fourth-order valence-corrected chi connectivity index (χ4v) is 1.45. The van der Waals surface area contributed by atoms with Crippen LogP contribution in [0.25, 0.3) is 0 Å². The number of ether oxygens (including phenoxy) is 1. The highest BCUT2D eigenvalue weighted by molar-refractivity contribution is 5.69. The maximum atomic E-state index is 11.1. The highest BCUT2D eigenvalue weighted by Gasteiger charge is 1.99. The molecule has 3 heteroatoms. The number of aryl methyl sites for hydroxylation is 1. The van der Waals surface area contributed by atoms with E-state index in [4.69, 9.17) is 4.74 Å². The topological polar surface area (TPSA) is 38.3 Å². The SMILES string of the molecule is CCCC(=O)OCCNCc1ccc(C)cc1. The number of hydrogen-bond acceptors (Lipinski definition) is 3. The monoisotopic (exact) mass is 235 g/mol. The van der Waals surface area contributed by atoms with Gasteiger partial charge in [0.1, 0.15) is 6.61 Å². The fraction of sp³-hybridized carbons (Fsp3) is 0.500. The number of esters is 1. The minimum Gasteiger partial charge on any atom is -0.464 e. The molecule has 0 aliphatic carbocycles. The summed E-state index contributed by atoms with van der Waals surface area (Å²) in [7, 11) is 0. The van der Waals surface area contributed by atoms with Crippen LogP contribution < -0.4 is 5.32 Å². The zero-order valence-electron chi connectivity index (χ0n) is 10.7. The second kappa shape index (κ2) is 7.85. The molecule has 0 bridgehead atoms. The van der Waals surface area contributed by atoms with Crippen LogP contribution in [0.1, 0.15) is 30.9 Å². The Morgan fingerprint density at radius 3 is 2.65 bits per heavy atom. The van der Waals surface area contributed by atoms with Crippen LogP contribution >= 0.6 is 0 Å². The molecule has 0 saturated carbocycles. The summed E-state index contributed by atoms with van der Waals surface area (Å²) in [5.74, 6) is -0.107. The molecule has 1 aromatic rings. The number of benzene rings is 1. The van der Waals surface area contributed by atoms with E-state index in [1.165, 1.54) is 11.1 Å². The van der Waals surface area contributed by atoms with Crippen molar-refractivity contribution in [3.8, 4) is 0 Å². The smallest absolute Gasteiger partial charge is 0.305 e. The van der Waals surface area contributed by atoms with Crippen molar-refractivity contribution in [2.24, 2.45) is 0 Å². The van der Waals surface area contributed by atoms with Gasteiger partial charge in [-0.15, -0.1) is 0 Å². The molecule has 0 aliphatic heterocycles. The lowest BCUT2D eigenvalue weighted by atomic mass is 10.1. The Bertz CT molecular complexity index is 333. The van der Waals surface area contributed by atoms with E-state index in [9.17, 15) is 4.79 Å². The molecule has 0 aliphatic rings. The van der Waals surface area contributed by atoms with Gasteiger partial charge in [-0.05, 0) is 18.9 Å². The lowest BCUT2D eigenvalue weighted by Crippen LogP contribution is -2.20. The van der Waals surface area contributed by atoms with Crippen LogP contribution in [0.3, 0.4) is 0 Å². The van der Waals surface area contributed by atoms with E-state index < -0.39 is 0 Å². The predicted octanol–water partition coefficient (Wildman–Crippen LogP) is 2.43. The molecule has 1 N–H and O–H groups in total. The summed E-state index contributed by atoms with van der Waals surface area (Å²) < 4.78 is 5.04. The normalized spacial score (nSPS) is 10.2. The molecule has 0 heterocycles. The van der Waals surface area contributed by atoms with Gasteiger partial charge in [0.2, 0.25) is 0 Å². The summed E-state index contributed by atoms with van der Waals surface area (Å²) in [6, 6.07) is 8.40. The van der Waals surface area contributed by atoms with E-state index in [-0.39, 0.29) is 5.97 Å². The standard InChI is InChI=1S/C14H21NO2/c1-3-4-14(16)17-10-9-15-11-13-7-5-12(2)6-8-13/h5-8,15H,3-4,9-11H2,1-2H3. The van der Waals surface area contributed by atoms with E-state index in [0.717, 1.165) is 13.0 Å². The maximum Gasteiger partial charge on any atom is 0.305 e. The van der Waals surface area contributed by atoms with E-state index >= 15 is 0 Å². The van der Waals surface area contributed by atoms with Gasteiger partial charge in [0.25, 0.3) is 0 Å². The zero-order chi connectivity index (χ0) is 12.5. The highest BCUT2D eigenvalue weighted by Crippen LogP contribution is 2.02. The van der Waals surface area contributed by atoms with Crippen molar-refractivity contribution in [2.75, 3.05) is 13.2 Å². The molecule has 0 radical (unpaired) electrons. The molecular formula is C14H21NO2. The van der Waals surface area contributed by atoms with Crippen LogP contribution in [0, 0.1) is 6.92 Å². The molecule has 0 atom stereocenters. The third kappa shape index (κ3) is 6.07. The molecule has 94 valence electrons. The molecule has 0 unspecified atom stereocenters. The molecule has 1 rings (SSSR count). The van der Waals surface area contributed by atoms with Crippen molar-refractivity contribution in [3.63, 3.8) is 0 Å². The minimum absolute atomic E-state index is 0.107. The fourth-order valence-electron chi connectivity index (χ4n) is 1.45. The Kier molecular flexibility index (Phi) is 6.33. The van der Waals surface area contributed by atoms with Gasteiger partial charge in [-0.1, -0.05) is 36.8 Å². The lowest BCUT2D eigenvalue weighted by Gasteiger charge is -2.06. The van der Waals surface area contributed by atoms with E-state index in [2.05, 4.69) is 36.5 Å². The highest BCUT2D eigenvalue weighted by atomic mass is 16.5. The van der Waals surface area contributed by atoms with Crippen LogP contribution in [-0.4, -0.2) is 19.1 Å². The molecule has 0 amide bonds. The third-order valence-corrected chi connectivity index (χ3v) is 2.45. The average Bonchev–Trinajstić information content (AvgIpc) is 2.31. The zero-order valence-corrected chi connectivity index (χ0v) is 10.7. The van der Waals surface area contributed by atoms with Gasteiger partial charge in [0.15, 0.2) is 0 Å². The summed E-state index contributed by atoms with van der Waals surface area (Å²) in [5, 5.41) is 3.24. The van der Waals surface area contributed by atoms with Gasteiger partial charge in [-0.2, -0.15) is 0 Å². The van der Waals surface area contributed by atoms with Gasteiger partial charge in [0.05, 0.1) is 0 Å². The molecule has 17 heavy (non-hydrogen) atoms. The number of rotatable bonds is 7. The van der Waals surface area contributed by atoms with Crippen LogP contribution in [0.4, 0.5) is 0 Å². The second-order valence-electron chi connectivity index (χ2n) is 4.13. The van der Waals surface area contributed by atoms with Crippen molar-refractivity contribution in [3.05, 3.63) is 35.4 Å². The van der Waals surface area contributed by atoms with E-state index in [0.29, 0.717) is 19.6 Å².